The SMILES string of the molecule is O=C(Nc1ncccc1C(=O)O)c1ccc2c(c1)OCO2. The number of ether oxygens (including phenoxy) is 2. The molecule has 0 bridgehead atoms. The van der Waals surface area contributed by atoms with Crippen LogP contribution in [0.25, 0.3) is 0 Å². The van der Waals surface area contributed by atoms with Crippen LogP contribution in [0.4, 0.5) is 5.82 Å². The third-order valence-corrected chi connectivity index (χ3v) is 2.90. The Labute approximate surface area is 119 Å². The van der Waals surface area contributed by atoms with Gasteiger partial charge in [0.1, 0.15) is 11.4 Å². The van der Waals surface area contributed by atoms with Crippen molar-refractivity contribution in [3.8, 4) is 11.5 Å². The summed E-state index contributed by atoms with van der Waals surface area (Å²) in [5, 5.41) is 11.5. The van der Waals surface area contributed by atoms with Crippen molar-refractivity contribution < 1.29 is 24.2 Å². The van der Waals surface area contributed by atoms with Gasteiger partial charge in [-0.25, -0.2) is 9.78 Å². The zero-order chi connectivity index (χ0) is 14.8. The van der Waals surface area contributed by atoms with E-state index in [9.17, 15) is 9.59 Å². The third kappa shape index (κ3) is 2.48. The van der Waals surface area contributed by atoms with Crippen molar-refractivity contribution >= 4 is 17.7 Å². The molecule has 106 valence electrons. The van der Waals surface area contributed by atoms with Gasteiger partial charge in [-0.05, 0) is 30.3 Å². The largest absolute Gasteiger partial charge is 0.478 e. The molecule has 0 saturated carbocycles. The van der Waals surface area contributed by atoms with E-state index in [1.807, 2.05) is 0 Å². The summed E-state index contributed by atoms with van der Waals surface area (Å²) in [5.74, 6) is -0.607. The summed E-state index contributed by atoms with van der Waals surface area (Å²) in [5.41, 5.74) is 0.243. The first-order chi connectivity index (χ1) is 10.1. The molecule has 2 aromatic rings. The Bertz CT molecular complexity index is 729. The molecule has 0 fully saturated rings. The quantitative estimate of drug-likeness (QED) is 0.892. The summed E-state index contributed by atoms with van der Waals surface area (Å²) in [6.45, 7) is 0.115. The van der Waals surface area contributed by atoms with Crippen molar-refractivity contribution in [3.05, 3.63) is 47.7 Å². The minimum atomic E-state index is -1.16. The van der Waals surface area contributed by atoms with E-state index in [1.165, 1.54) is 24.4 Å². The highest BCUT2D eigenvalue weighted by Gasteiger charge is 2.18. The van der Waals surface area contributed by atoms with Crippen LogP contribution in [0.3, 0.4) is 0 Å². The first kappa shape index (κ1) is 12.9. The van der Waals surface area contributed by atoms with Gasteiger partial charge in [0.2, 0.25) is 6.79 Å². The number of pyridine rings is 1. The number of carboxylic acid groups (broad SMARTS) is 1. The average Bonchev–Trinajstić information content (AvgIpc) is 2.94. The first-order valence-electron chi connectivity index (χ1n) is 6.04. The molecule has 21 heavy (non-hydrogen) atoms. The van der Waals surface area contributed by atoms with Gasteiger partial charge in [0.15, 0.2) is 11.5 Å². The fourth-order valence-corrected chi connectivity index (χ4v) is 1.89. The number of carbonyl (C=O) groups excluding carboxylic acids is 1. The molecule has 2 N–H and O–H groups in total. The number of nitrogens with zero attached hydrogens (tertiary/aromatic N) is 1. The molecule has 1 aliphatic heterocycles. The lowest BCUT2D eigenvalue weighted by atomic mass is 10.2. The van der Waals surface area contributed by atoms with Crippen molar-refractivity contribution in [2.24, 2.45) is 0 Å². The molecule has 2 heterocycles. The van der Waals surface area contributed by atoms with Crippen molar-refractivity contribution in [2.45, 2.75) is 0 Å². The maximum atomic E-state index is 12.1. The molecule has 0 radical (unpaired) electrons. The zero-order valence-electron chi connectivity index (χ0n) is 10.7. The number of nitrogens with one attached hydrogen (secondary N) is 1. The molecule has 0 unspecified atom stereocenters. The van der Waals surface area contributed by atoms with Crippen LogP contribution in [-0.2, 0) is 0 Å². The van der Waals surface area contributed by atoms with Crippen molar-refractivity contribution in [3.63, 3.8) is 0 Å². The number of carboxylic acids is 1. The Morgan fingerprint density at radius 2 is 2.00 bits per heavy atom. The number of amides is 1. The van der Waals surface area contributed by atoms with E-state index in [4.69, 9.17) is 14.6 Å². The maximum Gasteiger partial charge on any atom is 0.339 e. The van der Waals surface area contributed by atoms with Gasteiger partial charge in [-0.3, -0.25) is 4.79 Å². The lowest BCUT2D eigenvalue weighted by molar-refractivity contribution is 0.0697. The second kappa shape index (κ2) is 5.12. The maximum absolute atomic E-state index is 12.1. The van der Waals surface area contributed by atoms with Crippen molar-refractivity contribution in [1.82, 2.24) is 4.98 Å². The topological polar surface area (TPSA) is 97.8 Å². The highest BCUT2D eigenvalue weighted by atomic mass is 16.7. The number of hydrogen-bond donors (Lipinski definition) is 2. The van der Waals surface area contributed by atoms with Crippen molar-refractivity contribution in [1.29, 1.82) is 0 Å². The molecule has 0 saturated heterocycles. The summed E-state index contributed by atoms with van der Waals surface area (Å²) < 4.78 is 10.3. The minimum absolute atomic E-state index is 0.00679. The Morgan fingerprint density at radius 3 is 2.81 bits per heavy atom. The molecule has 3 rings (SSSR count). The van der Waals surface area contributed by atoms with E-state index < -0.39 is 11.9 Å². The summed E-state index contributed by atoms with van der Waals surface area (Å²) in [6, 6.07) is 7.56. The van der Waals surface area contributed by atoms with Gasteiger partial charge in [0.25, 0.3) is 5.91 Å². The smallest absolute Gasteiger partial charge is 0.339 e. The molecule has 1 aliphatic rings. The molecular formula is C14H10N2O5. The standard InChI is InChI=1S/C14H10N2O5/c17-13(8-3-4-10-11(6-8)21-7-20-10)16-12-9(14(18)19)2-1-5-15-12/h1-6H,7H2,(H,18,19)(H,15,16,17). The second-order valence-electron chi connectivity index (χ2n) is 4.23. The summed E-state index contributed by atoms with van der Waals surface area (Å²) in [6.07, 6.45) is 1.40. The van der Waals surface area contributed by atoms with Gasteiger partial charge in [0, 0.05) is 11.8 Å². The number of aromatic carboxylic acids is 1. The summed E-state index contributed by atoms with van der Waals surface area (Å²) in [7, 11) is 0. The zero-order valence-corrected chi connectivity index (χ0v) is 10.7. The minimum Gasteiger partial charge on any atom is -0.478 e. The number of rotatable bonds is 3. The Hall–Kier alpha value is -3.09. The van der Waals surface area contributed by atoms with E-state index >= 15 is 0 Å². The molecule has 7 heteroatoms. The van der Waals surface area contributed by atoms with Crippen LogP contribution in [0.2, 0.25) is 0 Å². The number of anilines is 1. The van der Waals surface area contributed by atoms with Gasteiger partial charge in [-0.15, -0.1) is 0 Å². The average molecular weight is 286 g/mol. The fourth-order valence-electron chi connectivity index (χ4n) is 1.89. The highest BCUT2D eigenvalue weighted by Crippen LogP contribution is 2.32. The number of fused-ring (bicyclic) bond motifs is 1. The van der Waals surface area contributed by atoms with Crippen LogP contribution in [0.15, 0.2) is 36.5 Å². The number of benzene rings is 1. The van der Waals surface area contributed by atoms with E-state index in [1.54, 1.807) is 12.1 Å². The second-order valence-corrected chi connectivity index (χ2v) is 4.23. The Morgan fingerprint density at radius 1 is 1.19 bits per heavy atom. The van der Waals surface area contributed by atoms with Crippen LogP contribution >= 0.6 is 0 Å². The van der Waals surface area contributed by atoms with Crippen LogP contribution in [0.5, 0.6) is 11.5 Å². The molecule has 0 spiro atoms. The number of hydrogen-bond acceptors (Lipinski definition) is 5. The van der Waals surface area contributed by atoms with Gasteiger partial charge in [0.05, 0.1) is 0 Å². The fraction of sp³-hybridized carbons (Fsp3) is 0.0714. The molecule has 0 aliphatic carbocycles. The molecule has 1 aromatic carbocycles. The van der Waals surface area contributed by atoms with Crippen LogP contribution < -0.4 is 14.8 Å². The Balaban J connectivity index is 1.85. The first-order valence-corrected chi connectivity index (χ1v) is 6.04. The van der Waals surface area contributed by atoms with Crippen LogP contribution in [-0.4, -0.2) is 28.8 Å². The lowest BCUT2D eigenvalue weighted by Gasteiger charge is -2.07. The summed E-state index contributed by atoms with van der Waals surface area (Å²) in [4.78, 5) is 27.1. The van der Waals surface area contributed by atoms with E-state index in [0.29, 0.717) is 17.1 Å². The van der Waals surface area contributed by atoms with Gasteiger partial charge < -0.3 is 19.9 Å². The van der Waals surface area contributed by atoms with Gasteiger partial charge in [-0.1, -0.05) is 0 Å². The lowest BCUT2D eigenvalue weighted by Crippen LogP contribution is -2.16. The predicted octanol–water partition coefficient (Wildman–Crippen LogP) is 1.76. The Kier molecular flexibility index (Phi) is 3.15. The number of carbonyl (C=O) groups is 2. The monoisotopic (exact) mass is 286 g/mol. The molecule has 0 atom stereocenters. The van der Waals surface area contributed by atoms with Crippen LogP contribution in [0.1, 0.15) is 20.7 Å². The molecule has 1 amide bonds. The summed E-state index contributed by atoms with van der Waals surface area (Å²) >= 11 is 0. The molecule has 7 nitrogen and oxygen atoms in total. The van der Waals surface area contributed by atoms with E-state index in [0.717, 1.165) is 0 Å². The van der Waals surface area contributed by atoms with Crippen molar-refractivity contribution in [2.75, 3.05) is 12.1 Å². The van der Waals surface area contributed by atoms with E-state index in [-0.39, 0.29) is 18.2 Å². The normalized spacial score (nSPS) is 12.0. The predicted molar refractivity (Wildman–Crippen MR) is 71.7 cm³/mol. The third-order valence-electron chi connectivity index (χ3n) is 2.90. The van der Waals surface area contributed by atoms with E-state index in [2.05, 4.69) is 10.3 Å². The van der Waals surface area contributed by atoms with Gasteiger partial charge in [-0.2, -0.15) is 0 Å². The highest BCUT2D eigenvalue weighted by molar-refractivity contribution is 6.07. The number of aromatic nitrogens is 1. The molecular weight excluding hydrogens is 276 g/mol. The molecule has 1 aromatic heterocycles. The van der Waals surface area contributed by atoms with Crippen LogP contribution in [0, 0.1) is 0 Å². The van der Waals surface area contributed by atoms with Gasteiger partial charge >= 0.3 is 5.97 Å².